The number of rotatable bonds is 4. The topological polar surface area (TPSA) is 13.1 Å². The highest BCUT2D eigenvalue weighted by Gasteiger charge is 2.18. The van der Waals surface area contributed by atoms with E-state index in [-0.39, 0.29) is 55.9 Å². The maximum absolute atomic E-state index is 9.64. The van der Waals surface area contributed by atoms with Crippen molar-refractivity contribution in [3.63, 3.8) is 0 Å². The summed E-state index contributed by atoms with van der Waals surface area (Å²) < 4.78 is 163. The third-order valence-electron chi connectivity index (χ3n) is 8.71. The molecule has 0 aliphatic rings. The Morgan fingerprint density at radius 2 is 0.857 bits per heavy atom. The Morgan fingerprint density at radius 1 is 0.347 bits per heavy atom. The van der Waals surface area contributed by atoms with Crippen LogP contribution in [0.15, 0.2) is 186 Å². The van der Waals surface area contributed by atoms with E-state index < -0.39 is 108 Å². The van der Waals surface area contributed by atoms with Gasteiger partial charge in [0, 0.05) is 16.2 Å². The van der Waals surface area contributed by atoms with Gasteiger partial charge in [-0.1, -0.05) is 163 Å². The number of furan rings is 1. The van der Waals surface area contributed by atoms with E-state index in [2.05, 4.69) is 0 Å². The molecule has 0 bridgehead atoms. The molecule has 0 amide bonds. The van der Waals surface area contributed by atoms with Crippen LogP contribution in [-0.2, 0) is 0 Å². The van der Waals surface area contributed by atoms with Crippen molar-refractivity contribution in [3.05, 3.63) is 182 Å². The Balaban J connectivity index is 1.18. The Labute approximate surface area is 309 Å². The number of fused-ring (bicyclic) bond motifs is 7. The van der Waals surface area contributed by atoms with Crippen LogP contribution in [0.1, 0.15) is 24.7 Å². The molecule has 0 radical (unpaired) electrons. The second kappa shape index (κ2) is 11.1. The van der Waals surface area contributed by atoms with Crippen LogP contribution in [0.2, 0.25) is 0 Å². The molecule has 9 aromatic carbocycles. The molecule has 0 spiro atoms. The highest BCUT2D eigenvalue weighted by Crippen LogP contribution is 2.45. The van der Waals surface area contributed by atoms with E-state index in [1.54, 1.807) is 36.4 Å². The van der Waals surface area contributed by atoms with Crippen LogP contribution >= 0.6 is 0 Å². The average Bonchev–Trinajstić information content (AvgIpc) is 3.73. The van der Waals surface area contributed by atoms with Gasteiger partial charge in [-0.15, -0.1) is 0 Å². The first kappa shape index (κ1) is 15.2. The molecule has 1 nitrogen and oxygen atoms in total. The van der Waals surface area contributed by atoms with Crippen LogP contribution in [0.5, 0.6) is 0 Å². The standard InChI is InChI=1S/C48H30O/c1-2-10-31(11-3-1)32-18-20-33(21-19-32)34-22-24-36(25-23-34)46-40-14-6-8-16-42(40)47(43-17-9-7-15-41(43)46)37-27-28-39-44-29-26-35-12-4-5-13-38(35)48(44)49-45(39)30-37/h1-30H/i1D,2D,3D,4D,5D,10D,11D,12D,13D,18D,19D,20D,21D,26D,27D,28D,29D,30D. The maximum Gasteiger partial charge on any atom is 0.143 e. The van der Waals surface area contributed by atoms with Gasteiger partial charge < -0.3 is 4.42 Å². The SMILES string of the molecule is [2H]c1c([2H])c([2H])c(-c2c([2H])c([2H])c(-c3ccc(-c4c5ccccc5c(-c5c([2H])c([2H])c6c(oc7c8c([2H])c([2H])c([2H])c([2H])c8c([2H])c([2H])c76)c5[2H])c5ccccc45)cc3)c([2H])c2[2H])c([2H])c1[2H]. The van der Waals surface area contributed by atoms with Gasteiger partial charge in [0.1, 0.15) is 11.2 Å². The Hall–Kier alpha value is -6.44. The molecular formula is C48H30O. The molecule has 0 atom stereocenters. The summed E-state index contributed by atoms with van der Waals surface area (Å²) in [4.78, 5) is 0. The minimum absolute atomic E-state index is 0.0325. The first-order chi connectivity index (χ1) is 31.8. The number of benzene rings is 9. The van der Waals surface area contributed by atoms with E-state index in [4.69, 9.17) is 25.0 Å². The van der Waals surface area contributed by atoms with Crippen LogP contribution in [0.25, 0.3) is 98.8 Å². The van der Waals surface area contributed by atoms with Crippen molar-refractivity contribution in [3.8, 4) is 44.5 Å². The molecule has 228 valence electrons. The van der Waals surface area contributed by atoms with Crippen LogP contribution in [0.3, 0.4) is 0 Å². The molecule has 0 saturated carbocycles. The van der Waals surface area contributed by atoms with Gasteiger partial charge >= 0.3 is 0 Å². The molecule has 49 heavy (non-hydrogen) atoms. The van der Waals surface area contributed by atoms with E-state index in [9.17, 15) is 4.11 Å². The minimum Gasteiger partial charge on any atom is -0.455 e. The summed E-state index contributed by atoms with van der Waals surface area (Å²) in [6.07, 6.45) is 0. The fourth-order valence-electron chi connectivity index (χ4n) is 6.50. The van der Waals surface area contributed by atoms with Crippen LogP contribution in [-0.4, -0.2) is 0 Å². The van der Waals surface area contributed by atoms with Crippen molar-refractivity contribution < 1.29 is 29.1 Å². The highest BCUT2D eigenvalue weighted by molar-refractivity contribution is 6.22. The zero-order chi connectivity index (χ0) is 48.0. The first-order valence-corrected chi connectivity index (χ1v) is 15.4. The van der Waals surface area contributed by atoms with Gasteiger partial charge in [-0.25, -0.2) is 0 Å². The van der Waals surface area contributed by atoms with Crippen LogP contribution in [0, 0.1) is 0 Å². The first-order valence-electron chi connectivity index (χ1n) is 24.4. The summed E-state index contributed by atoms with van der Waals surface area (Å²) in [6, 6.07) is 11.7. The van der Waals surface area contributed by atoms with Crippen molar-refractivity contribution in [2.75, 3.05) is 0 Å². The molecule has 1 aromatic heterocycles. The largest absolute Gasteiger partial charge is 0.455 e. The molecule has 0 N–H and O–H groups in total. The maximum atomic E-state index is 9.64. The van der Waals surface area contributed by atoms with Crippen molar-refractivity contribution in [1.29, 1.82) is 0 Å². The van der Waals surface area contributed by atoms with Gasteiger partial charge in [-0.2, -0.15) is 0 Å². The Morgan fingerprint density at radius 3 is 1.53 bits per heavy atom. The lowest BCUT2D eigenvalue weighted by Gasteiger charge is -2.18. The fraction of sp³-hybridized carbons (Fsp3) is 0. The molecular weight excluding hydrogens is 593 g/mol. The second-order valence-electron chi connectivity index (χ2n) is 11.4. The van der Waals surface area contributed by atoms with E-state index >= 15 is 0 Å². The molecule has 1 heteroatoms. The van der Waals surface area contributed by atoms with E-state index in [0.29, 0.717) is 38.2 Å². The summed E-state index contributed by atoms with van der Waals surface area (Å²) in [5.74, 6) is 0. The summed E-state index contributed by atoms with van der Waals surface area (Å²) in [7, 11) is 0. The predicted molar refractivity (Wildman–Crippen MR) is 208 cm³/mol. The van der Waals surface area contributed by atoms with Crippen molar-refractivity contribution in [1.82, 2.24) is 0 Å². The van der Waals surface area contributed by atoms with Crippen molar-refractivity contribution in [2.24, 2.45) is 0 Å². The van der Waals surface area contributed by atoms with E-state index in [1.807, 2.05) is 36.4 Å². The van der Waals surface area contributed by atoms with Crippen molar-refractivity contribution in [2.45, 2.75) is 0 Å². The van der Waals surface area contributed by atoms with Gasteiger partial charge in [-0.05, 0) is 89.6 Å². The lowest BCUT2D eigenvalue weighted by Crippen LogP contribution is -1.91. The zero-order valence-electron chi connectivity index (χ0n) is 43.3. The Kier molecular flexibility index (Phi) is 3.43. The van der Waals surface area contributed by atoms with Crippen molar-refractivity contribution >= 4 is 54.3 Å². The van der Waals surface area contributed by atoms with Crippen LogP contribution in [0.4, 0.5) is 0 Å². The lowest BCUT2D eigenvalue weighted by atomic mass is 9.85. The summed E-state index contributed by atoms with van der Waals surface area (Å²) in [6.45, 7) is 0. The molecule has 10 aromatic rings. The summed E-state index contributed by atoms with van der Waals surface area (Å²) in [5.41, 5.74) is 0.881. The lowest BCUT2D eigenvalue weighted by molar-refractivity contribution is 0.673. The fourth-order valence-corrected chi connectivity index (χ4v) is 6.50. The molecule has 0 fully saturated rings. The quantitative estimate of drug-likeness (QED) is 0.174. The summed E-state index contributed by atoms with van der Waals surface area (Å²) >= 11 is 0. The van der Waals surface area contributed by atoms with E-state index in [1.165, 1.54) is 0 Å². The molecule has 0 aliphatic heterocycles. The van der Waals surface area contributed by atoms with Gasteiger partial charge in [0.2, 0.25) is 0 Å². The number of hydrogen-bond donors (Lipinski definition) is 0. The van der Waals surface area contributed by atoms with Gasteiger partial charge in [0.15, 0.2) is 0 Å². The Bertz CT molecular complexity index is 3780. The number of hydrogen-bond acceptors (Lipinski definition) is 1. The summed E-state index contributed by atoms with van der Waals surface area (Å²) in [5, 5.41) is 1.93. The normalized spacial score (nSPS) is 16.8. The van der Waals surface area contributed by atoms with Gasteiger partial charge in [0.05, 0.1) is 24.7 Å². The molecule has 1 heterocycles. The molecule has 0 aliphatic carbocycles. The average molecular weight is 641 g/mol. The second-order valence-corrected chi connectivity index (χ2v) is 11.4. The minimum atomic E-state index is -0.668. The smallest absolute Gasteiger partial charge is 0.143 e. The van der Waals surface area contributed by atoms with Gasteiger partial charge in [-0.3, -0.25) is 0 Å². The molecule has 0 saturated heterocycles. The third kappa shape index (κ3) is 4.47. The van der Waals surface area contributed by atoms with Gasteiger partial charge in [0.25, 0.3) is 0 Å². The highest BCUT2D eigenvalue weighted by atomic mass is 16.3. The predicted octanol–water partition coefficient (Wildman–Crippen LogP) is 13.7. The monoisotopic (exact) mass is 640 g/mol. The molecule has 10 rings (SSSR count). The van der Waals surface area contributed by atoms with Crippen LogP contribution < -0.4 is 0 Å². The molecule has 0 unspecified atom stereocenters. The van der Waals surface area contributed by atoms with E-state index in [0.717, 1.165) is 5.56 Å². The zero-order valence-corrected chi connectivity index (χ0v) is 25.3. The third-order valence-corrected chi connectivity index (χ3v) is 8.71.